The summed E-state index contributed by atoms with van der Waals surface area (Å²) in [6.45, 7) is 4.22. The van der Waals surface area contributed by atoms with E-state index in [2.05, 4.69) is 5.32 Å². The number of halogens is 1. The molecule has 3 heteroatoms. The van der Waals surface area contributed by atoms with E-state index in [1.807, 2.05) is 13.8 Å². The van der Waals surface area contributed by atoms with Crippen LogP contribution in [0.4, 0.5) is 10.1 Å². The molecule has 0 fully saturated rings. The minimum atomic E-state index is -0.748. The number of aliphatic hydroxyl groups is 1. The van der Waals surface area contributed by atoms with E-state index < -0.39 is 5.60 Å². The zero-order chi connectivity index (χ0) is 11.3. The Balaban J connectivity index is 2.61. The van der Waals surface area contributed by atoms with Gasteiger partial charge in [0.2, 0.25) is 0 Å². The molecule has 0 atom stereocenters. The minimum absolute atomic E-state index is 0.285. The molecular formula is C12H18FNO. The Hall–Kier alpha value is -1.09. The monoisotopic (exact) mass is 211 g/mol. The van der Waals surface area contributed by atoms with E-state index >= 15 is 0 Å². The van der Waals surface area contributed by atoms with Gasteiger partial charge in [-0.25, -0.2) is 4.39 Å². The standard InChI is InChI=1S/C12H18FNO/c1-3-12(15,4-2)9-14-11-8-6-5-7-10(11)13/h5-8,14-15H,3-4,9H2,1-2H3. The highest BCUT2D eigenvalue weighted by Crippen LogP contribution is 2.18. The molecule has 1 rings (SSSR count). The lowest BCUT2D eigenvalue weighted by Crippen LogP contribution is -2.35. The van der Waals surface area contributed by atoms with Crippen molar-refractivity contribution in [1.29, 1.82) is 0 Å². The van der Waals surface area contributed by atoms with Crippen LogP contribution in [0.25, 0.3) is 0 Å². The number of hydrogen-bond donors (Lipinski definition) is 2. The third-order valence-corrected chi connectivity index (χ3v) is 2.80. The highest BCUT2D eigenvalue weighted by atomic mass is 19.1. The van der Waals surface area contributed by atoms with Gasteiger partial charge in [0.25, 0.3) is 0 Å². The normalized spacial score (nSPS) is 11.5. The number of benzene rings is 1. The van der Waals surface area contributed by atoms with E-state index in [-0.39, 0.29) is 5.82 Å². The largest absolute Gasteiger partial charge is 0.388 e. The molecule has 15 heavy (non-hydrogen) atoms. The van der Waals surface area contributed by atoms with Crippen molar-refractivity contribution in [2.45, 2.75) is 32.3 Å². The zero-order valence-electron chi connectivity index (χ0n) is 9.26. The highest BCUT2D eigenvalue weighted by molar-refractivity contribution is 5.44. The van der Waals surface area contributed by atoms with Crippen LogP contribution in [0.3, 0.4) is 0 Å². The first-order chi connectivity index (χ1) is 7.11. The molecule has 0 amide bonds. The predicted molar refractivity (Wildman–Crippen MR) is 60.4 cm³/mol. The van der Waals surface area contributed by atoms with Crippen molar-refractivity contribution in [3.05, 3.63) is 30.1 Å². The van der Waals surface area contributed by atoms with Crippen LogP contribution in [0.15, 0.2) is 24.3 Å². The molecule has 0 radical (unpaired) electrons. The van der Waals surface area contributed by atoms with Gasteiger partial charge < -0.3 is 10.4 Å². The molecule has 0 spiro atoms. The molecule has 2 nitrogen and oxygen atoms in total. The molecule has 0 aliphatic rings. The maximum atomic E-state index is 13.2. The summed E-state index contributed by atoms with van der Waals surface area (Å²) in [7, 11) is 0. The summed E-state index contributed by atoms with van der Waals surface area (Å²) in [5.41, 5.74) is -0.305. The van der Waals surface area contributed by atoms with E-state index in [4.69, 9.17) is 0 Å². The first-order valence-corrected chi connectivity index (χ1v) is 5.32. The average Bonchev–Trinajstić information content (AvgIpc) is 2.28. The van der Waals surface area contributed by atoms with E-state index in [1.54, 1.807) is 18.2 Å². The first kappa shape index (κ1) is 12.0. The van der Waals surface area contributed by atoms with Gasteiger partial charge in [0.1, 0.15) is 5.82 Å². The second-order valence-electron chi connectivity index (χ2n) is 3.76. The molecule has 0 bridgehead atoms. The van der Waals surface area contributed by atoms with E-state index in [9.17, 15) is 9.50 Å². The van der Waals surface area contributed by atoms with Gasteiger partial charge in [-0.1, -0.05) is 26.0 Å². The lowest BCUT2D eigenvalue weighted by molar-refractivity contribution is 0.0456. The van der Waals surface area contributed by atoms with Crippen LogP contribution in [0, 0.1) is 5.82 Å². The Kier molecular flexibility index (Phi) is 4.09. The van der Waals surface area contributed by atoms with Crippen LogP contribution in [0.1, 0.15) is 26.7 Å². The fourth-order valence-corrected chi connectivity index (χ4v) is 1.36. The van der Waals surface area contributed by atoms with Crippen LogP contribution in [0.5, 0.6) is 0 Å². The van der Waals surface area contributed by atoms with Crippen molar-refractivity contribution < 1.29 is 9.50 Å². The van der Waals surface area contributed by atoms with Crippen LogP contribution in [-0.2, 0) is 0 Å². The molecule has 1 aromatic rings. The van der Waals surface area contributed by atoms with E-state index in [0.29, 0.717) is 25.1 Å². The molecule has 0 aromatic heterocycles. The molecule has 0 saturated carbocycles. The molecule has 0 saturated heterocycles. The van der Waals surface area contributed by atoms with Gasteiger partial charge in [0.15, 0.2) is 0 Å². The molecular weight excluding hydrogens is 193 g/mol. The van der Waals surface area contributed by atoms with Gasteiger partial charge in [0.05, 0.1) is 11.3 Å². The van der Waals surface area contributed by atoms with Crippen LogP contribution < -0.4 is 5.32 Å². The van der Waals surface area contributed by atoms with Crippen molar-refractivity contribution in [2.75, 3.05) is 11.9 Å². The number of anilines is 1. The Labute approximate surface area is 90.1 Å². The van der Waals surface area contributed by atoms with Gasteiger partial charge in [0, 0.05) is 6.54 Å². The van der Waals surface area contributed by atoms with Gasteiger partial charge in [-0.15, -0.1) is 0 Å². The van der Waals surface area contributed by atoms with Gasteiger partial charge in [-0.3, -0.25) is 0 Å². The second kappa shape index (κ2) is 5.12. The zero-order valence-corrected chi connectivity index (χ0v) is 9.26. The average molecular weight is 211 g/mol. The summed E-state index contributed by atoms with van der Waals surface area (Å²) in [5.74, 6) is -0.285. The maximum Gasteiger partial charge on any atom is 0.146 e. The fourth-order valence-electron chi connectivity index (χ4n) is 1.36. The third kappa shape index (κ3) is 3.20. The lowest BCUT2D eigenvalue weighted by atomic mass is 9.97. The van der Waals surface area contributed by atoms with Gasteiger partial charge in [-0.2, -0.15) is 0 Å². The van der Waals surface area contributed by atoms with Crippen molar-refractivity contribution in [2.24, 2.45) is 0 Å². The molecule has 0 unspecified atom stereocenters. The maximum absolute atomic E-state index is 13.2. The molecule has 2 N–H and O–H groups in total. The topological polar surface area (TPSA) is 32.3 Å². The molecule has 1 aromatic carbocycles. The molecule has 0 heterocycles. The number of para-hydroxylation sites is 1. The predicted octanol–water partition coefficient (Wildman–Crippen LogP) is 2.79. The third-order valence-electron chi connectivity index (χ3n) is 2.80. The summed E-state index contributed by atoms with van der Waals surface area (Å²) in [5, 5.41) is 12.9. The van der Waals surface area contributed by atoms with Gasteiger partial charge in [-0.05, 0) is 25.0 Å². The number of nitrogens with one attached hydrogen (secondary N) is 1. The van der Waals surface area contributed by atoms with Crippen molar-refractivity contribution in [3.8, 4) is 0 Å². The summed E-state index contributed by atoms with van der Waals surface area (Å²) >= 11 is 0. The molecule has 84 valence electrons. The Bertz CT molecular complexity index is 310. The minimum Gasteiger partial charge on any atom is -0.388 e. The summed E-state index contributed by atoms with van der Waals surface area (Å²) in [6.07, 6.45) is 1.32. The number of rotatable bonds is 5. The molecule has 0 aliphatic heterocycles. The van der Waals surface area contributed by atoms with E-state index in [0.717, 1.165) is 0 Å². The van der Waals surface area contributed by atoms with E-state index in [1.165, 1.54) is 6.07 Å². The SMILES string of the molecule is CCC(O)(CC)CNc1ccccc1F. The lowest BCUT2D eigenvalue weighted by Gasteiger charge is -2.26. The quantitative estimate of drug-likeness (QED) is 0.785. The summed E-state index contributed by atoms with van der Waals surface area (Å²) < 4.78 is 13.2. The van der Waals surface area contributed by atoms with Crippen LogP contribution >= 0.6 is 0 Å². The second-order valence-corrected chi connectivity index (χ2v) is 3.76. The molecule has 0 aliphatic carbocycles. The first-order valence-electron chi connectivity index (χ1n) is 5.32. The highest BCUT2D eigenvalue weighted by Gasteiger charge is 2.21. The van der Waals surface area contributed by atoms with Crippen LogP contribution in [0.2, 0.25) is 0 Å². The van der Waals surface area contributed by atoms with Crippen molar-refractivity contribution in [3.63, 3.8) is 0 Å². The Morgan fingerprint density at radius 1 is 1.27 bits per heavy atom. The Morgan fingerprint density at radius 3 is 2.40 bits per heavy atom. The smallest absolute Gasteiger partial charge is 0.146 e. The van der Waals surface area contributed by atoms with Crippen molar-refractivity contribution >= 4 is 5.69 Å². The Morgan fingerprint density at radius 2 is 1.87 bits per heavy atom. The van der Waals surface area contributed by atoms with Crippen LogP contribution in [-0.4, -0.2) is 17.3 Å². The fraction of sp³-hybridized carbons (Fsp3) is 0.500. The summed E-state index contributed by atoms with van der Waals surface area (Å²) in [4.78, 5) is 0. The summed E-state index contributed by atoms with van der Waals surface area (Å²) in [6, 6.07) is 6.48. The number of hydrogen-bond acceptors (Lipinski definition) is 2. The van der Waals surface area contributed by atoms with Gasteiger partial charge >= 0.3 is 0 Å². The van der Waals surface area contributed by atoms with Crippen molar-refractivity contribution in [1.82, 2.24) is 0 Å².